The Balaban J connectivity index is 3.60. The first-order valence-electron chi connectivity index (χ1n) is 6.90. The Hall–Kier alpha value is -0.340. The van der Waals surface area contributed by atoms with Crippen LogP contribution in [0.5, 0.6) is 0 Å². The average Bonchev–Trinajstić information content (AvgIpc) is 2.25. The molecule has 0 saturated heterocycles. The van der Waals surface area contributed by atoms with Crippen LogP contribution in [0.4, 0.5) is 13.2 Å². The lowest BCUT2D eigenvalue weighted by atomic mass is 10.2. The monoisotopic (exact) mass is 318 g/mol. The van der Waals surface area contributed by atoms with Crippen LogP contribution < -0.4 is 10.0 Å². The third-order valence-electron chi connectivity index (χ3n) is 2.60. The molecule has 0 spiro atoms. The molecule has 0 aliphatic heterocycles. The molecule has 0 heterocycles. The summed E-state index contributed by atoms with van der Waals surface area (Å²) in [7, 11) is -3.36. The molecule has 122 valence electrons. The Labute approximate surface area is 119 Å². The molecule has 0 unspecified atom stereocenters. The van der Waals surface area contributed by atoms with Crippen LogP contribution in [0.25, 0.3) is 0 Å². The van der Waals surface area contributed by atoms with Crippen molar-refractivity contribution in [3.63, 3.8) is 0 Å². The Morgan fingerprint density at radius 2 is 1.60 bits per heavy atom. The molecule has 0 aromatic rings. The zero-order valence-electron chi connectivity index (χ0n) is 12.1. The Bertz CT molecular complexity index is 343. The molecule has 8 heteroatoms. The minimum atomic E-state index is -4.16. The van der Waals surface area contributed by atoms with Crippen molar-refractivity contribution in [2.24, 2.45) is 0 Å². The predicted molar refractivity (Wildman–Crippen MR) is 74.1 cm³/mol. The summed E-state index contributed by atoms with van der Waals surface area (Å²) in [6, 6.07) is 0.373. The topological polar surface area (TPSA) is 58.2 Å². The molecule has 0 bridgehead atoms. The van der Waals surface area contributed by atoms with Crippen LogP contribution in [0.2, 0.25) is 0 Å². The van der Waals surface area contributed by atoms with Crippen LogP contribution in [0, 0.1) is 0 Å². The van der Waals surface area contributed by atoms with Gasteiger partial charge in [-0.25, -0.2) is 13.1 Å². The zero-order valence-corrected chi connectivity index (χ0v) is 12.9. The lowest BCUT2D eigenvalue weighted by Gasteiger charge is -2.09. The summed E-state index contributed by atoms with van der Waals surface area (Å²) in [5.41, 5.74) is 0. The predicted octanol–water partition coefficient (Wildman–Crippen LogP) is 2.42. The van der Waals surface area contributed by atoms with Gasteiger partial charge < -0.3 is 5.32 Å². The number of nitrogens with one attached hydrogen (secondary N) is 2. The molecular formula is C12H25F3N2O2S. The van der Waals surface area contributed by atoms with E-state index in [9.17, 15) is 21.6 Å². The quantitative estimate of drug-likeness (QED) is 0.575. The van der Waals surface area contributed by atoms with Gasteiger partial charge in [-0.1, -0.05) is 13.8 Å². The number of alkyl halides is 3. The minimum Gasteiger partial charge on any atom is -0.315 e. The fourth-order valence-corrected chi connectivity index (χ4v) is 2.74. The molecule has 0 aromatic carbocycles. The third kappa shape index (κ3) is 14.1. The van der Waals surface area contributed by atoms with E-state index in [4.69, 9.17) is 0 Å². The van der Waals surface area contributed by atoms with Crippen LogP contribution >= 0.6 is 0 Å². The van der Waals surface area contributed by atoms with E-state index >= 15 is 0 Å². The Morgan fingerprint density at radius 1 is 1.00 bits per heavy atom. The summed E-state index contributed by atoms with van der Waals surface area (Å²) in [4.78, 5) is 0. The summed E-state index contributed by atoms with van der Waals surface area (Å²) in [5.74, 6) is 0.0199. The number of unbranched alkanes of at least 4 members (excludes halogenated alkanes) is 2. The van der Waals surface area contributed by atoms with Crippen molar-refractivity contribution in [2.45, 2.75) is 58.2 Å². The van der Waals surface area contributed by atoms with Gasteiger partial charge in [0.25, 0.3) is 0 Å². The van der Waals surface area contributed by atoms with Crippen LogP contribution in [-0.4, -0.2) is 39.5 Å². The number of rotatable bonds is 11. The van der Waals surface area contributed by atoms with Crippen molar-refractivity contribution < 1.29 is 21.6 Å². The van der Waals surface area contributed by atoms with Crippen molar-refractivity contribution in [1.29, 1.82) is 0 Å². The Morgan fingerprint density at radius 3 is 2.15 bits per heavy atom. The van der Waals surface area contributed by atoms with Crippen molar-refractivity contribution in [3.8, 4) is 0 Å². The molecule has 0 aliphatic rings. The summed E-state index contributed by atoms with van der Waals surface area (Å²) < 4.78 is 61.0. The highest BCUT2D eigenvalue weighted by molar-refractivity contribution is 7.89. The van der Waals surface area contributed by atoms with Crippen LogP contribution in [0.3, 0.4) is 0 Å². The molecule has 20 heavy (non-hydrogen) atoms. The van der Waals surface area contributed by atoms with E-state index in [-0.39, 0.29) is 25.1 Å². The van der Waals surface area contributed by atoms with Gasteiger partial charge in [-0.15, -0.1) is 0 Å². The standard InChI is InChI=1S/C12H25F3N2O2S/c1-11(2)16-8-5-6-10-20(18,19)17-9-4-3-7-12(13,14)15/h11,16-17H,3-10H2,1-2H3. The van der Waals surface area contributed by atoms with E-state index in [0.717, 1.165) is 13.0 Å². The van der Waals surface area contributed by atoms with Crippen molar-refractivity contribution in [3.05, 3.63) is 0 Å². The van der Waals surface area contributed by atoms with Crippen LogP contribution in [0.15, 0.2) is 0 Å². The number of hydrogen-bond donors (Lipinski definition) is 2. The summed E-state index contributed by atoms with van der Waals surface area (Å²) >= 11 is 0. The van der Waals surface area contributed by atoms with Crippen molar-refractivity contribution >= 4 is 10.0 Å². The third-order valence-corrected chi connectivity index (χ3v) is 4.07. The molecule has 0 fully saturated rings. The maximum absolute atomic E-state index is 11.9. The number of sulfonamides is 1. The fraction of sp³-hybridized carbons (Fsp3) is 1.00. The van der Waals surface area contributed by atoms with Gasteiger partial charge in [0.2, 0.25) is 10.0 Å². The molecule has 0 saturated carbocycles. The molecular weight excluding hydrogens is 293 g/mol. The zero-order chi connectivity index (χ0) is 15.6. The highest BCUT2D eigenvalue weighted by Gasteiger charge is 2.25. The highest BCUT2D eigenvalue weighted by atomic mass is 32.2. The first-order valence-corrected chi connectivity index (χ1v) is 8.55. The van der Waals surface area contributed by atoms with Gasteiger partial charge in [-0.3, -0.25) is 0 Å². The fourth-order valence-electron chi connectivity index (χ4n) is 1.56. The van der Waals surface area contributed by atoms with Crippen LogP contribution in [0.1, 0.15) is 46.0 Å². The molecule has 0 aliphatic carbocycles. The van der Waals surface area contributed by atoms with E-state index in [1.807, 2.05) is 13.8 Å². The molecule has 0 atom stereocenters. The van der Waals surface area contributed by atoms with E-state index in [2.05, 4.69) is 10.0 Å². The SMILES string of the molecule is CC(C)NCCCCS(=O)(=O)NCCCCC(F)(F)F. The Kier molecular flexibility index (Phi) is 9.41. The van der Waals surface area contributed by atoms with E-state index in [1.165, 1.54) is 0 Å². The van der Waals surface area contributed by atoms with Crippen molar-refractivity contribution in [1.82, 2.24) is 10.0 Å². The number of hydrogen-bond acceptors (Lipinski definition) is 3. The highest BCUT2D eigenvalue weighted by Crippen LogP contribution is 2.21. The first-order chi connectivity index (χ1) is 9.12. The van der Waals surface area contributed by atoms with Gasteiger partial charge >= 0.3 is 6.18 Å². The van der Waals surface area contributed by atoms with E-state index in [1.54, 1.807) is 0 Å². The van der Waals surface area contributed by atoms with Gasteiger partial charge in [0, 0.05) is 19.0 Å². The second-order valence-corrected chi connectivity index (χ2v) is 7.03. The maximum atomic E-state index is 11.9. The summed E-state index contributed by atoms with van der Waals surface area (Å²) in [6.07, 6.45) is -3.58. The second-order valence-electron chi connectivity index (χ2n) is 5.10. The molecule has 0 amide bonds. The van der Waals surface area contributed by atoms with Crippen LogP contribution in [-0.2, 0) is 10.0 Å². The van der Waals surface area contributed by atoms with Gasteiger partial charge in [0.1, 0.15) is 0 Å². The molecule has 0 radical (unpaired) electrons. The number of halogens is 3. The smallest absolute Gasteiger partial charge is 0.315 e. The van der Waals surface area contributed by atoms with Crippen molar-refractivity contribution in [2.75, 3.05) is 18.8 Å². The lowest BCUT2D eigenvalue weighted by Crippen LogP contribution is -2.28. The van der Waals surface area contributed by atoms with Gasteiger partial charge in [-0.05, 0) is 32.2 Å². The summed E-state index contributed by atoms with van der Waals surface area (Å²) in [5, 5.41) is 3.18. The van der Waals surface area contributed by atoms with Gasteiger partial charge in [0.15, 0.2) is 0 Å². The maximum Gasteiger partial charge on any atom is 0.389 e. The lowest BCUT2D eigenvalue weighted by molar-refractivity contribution is -0.135. The second kappa shape index (κ2) is 9.57. The summed E-state index contributed by atoms with van der Waals surface area (Å²) in [6.45, 7) is 4.86. The van der Waals surface area contributed by atoms with Gasteiger partial charge in [0.05, 0.1) is 5.75 Å². The first kappa shape index (κ1) is 19.7. The molecule has 0 aromatic heterocycles. The van der Waals surface area contributed by atoms with Gasteiger partial charge in [-0.2, -0.15) is 13.2 Å². The molecule has 0 rings (SSSR count). The van der Waals surface area contributed by atoms with E-state index in [0.29, 0.717) is 12.5 Å². The molecule has 2 N–H and O–H groups in total. The van der Waals surface area contributed by atoms with E-state index < -0.39 is 22.6 Å². The average molecular weight is 318 g/mol. The molecule has 4 nitrogen and oxygen atoms in total. The normalized spacial score (nSPS) is 13.1. The largest absolute Gasteiger partial charge is 0.389 e. The minimum absolute atomic E-state index is 0.0199.